The molecule has 0 spiro atoms. The summed E-state index contributed by atoms with van der Waals surface area (Å²) in [6.07, 6.45) is 0.106. The van der Waals surface area contributed by atoms with Crippen LogP contribution in [0.5, 0.6) is 11.5 Å². The number of hydrogen-bond acceptors (Lipinski definition) is 4. The van der Waals surface area contributed by atoms with E-state index < -0.39 is 6.10 Å². The van der Waals surface area contributed by atoms with E-state index in [1.165, 1.54) is 5.56 Å². The molecule has 0 aromatic heterocycles. The summed E-state index contributed by atoms with van der Waals surface area (Å²) in [6, 6.07) is 15.0. The second-order valence-corrected chi connectivity index (χ2v) is 7.21. The molecule has 26 heavy (non-hydrogen) atoms. The van der Waals surface area contributed by atoms with Crippen LogP contribution in [0, 0.1) is 0 Å². The molecule has 2 rings (SSSR count). The first kappa shape index (κ1) is 20.5. The molecule has 2 aromatic rings. The highest BCUT2D eigenvalue weighted by Crippen LogP contribution is 2.19. The first-order valence-corrected chi connectivity index (χ1v) is 10.1. The van der Waals surface area contributed by atoms with Crippen molar-refractivity contribution in [2.24, 2.45) is 0 Å². The standard InChI is InChI=1S/C20H24ClNO3S/c1-3-19(25-18-9-7-17(24-2)8-10-18)20(23)22-11-12-26-14-15-5-4-6-16(21)13-15/h4-10,13,19H,3,11-12,14H2,1-2H3,(H,22,23)/t19-/m0/s1. The summed E-state index contributed by atoms with van der Waals surface area (Å²) in [4.78, 5) is 12.3. The van der Waals surface area contributed by atoms with E-state index in [4.69, 9.17) is 21.1 Å². The van der Waals surface area contributed by atoms with Crippen molar-refractivity contribution >= 4 is 29.3 Å². The number of carbonyl (C=O) groups excluding carboxylic acids is 1. The zero-order valence-electron chi connectivity index (χ0n) is 15.0. The zero-order valence-corrected chi connectivity index (χ0v) is 16.6. The van der Waals surface area contributed by atoms with E-state index in [0.29, 0.717) is 18.7 Å². The van der Waals surface area contributed by atoms with Crippen LogP contribution in [-0.4, -0.2) is 31.4 Å². The van der Waals surface area contributed by atoms with Crippen molar-refractivity contribution in [2.45, 2.75) is 25.2 Å². The third-order valence-corrected chi connectivity index (χ3v) is 4.97. The summed E-state index contributed by atoms with van der Waals surface area (Å²) in [7, 11) is 1.61. The minimum Gasteiger partial charge on any atom is -0.497 e. The van der Waals surface area contributed by atoms with Crippen LogP contribution in [0.4, 0.5) is 0 Å². The highest BCUT2D eigenvalue weighted by Gasteiger charge is 2.17. The molecule has 0 aliphatic rings. The number of methoxy groups -OCH3 is 1. The van der Waals surface area contributed by atoms with Gasteiger partial charge in [-0.1, -0.05) is 30.7 Å². The van der Waals surface area contributed by atoms with Crippen LogP contribution in [0.2, 0.25) is 5.02 Å². The molecule has 1 N–H and O–H groups in total. The van der Waals surface area contributed by atoms with Crippen molar-refractivity contribution in [1.29, 1.82) is 0 Å². The fourth-order valence-electron chi connectivity index (χ4n) is 2.32. The summed E-state index contributed by atoms with van der Waals surface area (Å²) < 4.78 is 10.9. The van der Waals surface area contributed by atoms with Crippen molar-refractivity contribution in [3.63, 3.8) is 0 Å². The molecule has 6 heteroatoms. The largest absolute Gasteiger partial charge is 0.497 e. The van der Waals surface area contributed by atoms with Crippen molar-refractivity contribution in [3.05, 3.63) is 59.1 Å². The molecule has 0 unspecified atom stereocenters. The number of carbonyl (C=O) groups is 1. The molecule has 4 nitrogen and oxygen atoms in total. The Morgan fingerprint density at radius 2 is 1.92 bits per heavy atom. The van der Waals surface area contributed by atoms with Crippen LogP contribution in [0.25, 0.3) is 0 Å². The molecular weight excluding hydrogens is 370 g/mol. The van der Waals surface area contributed by atoms with Gasteiger partial charge in [-0.15, -0.1) is 0 Å². The summed E-state index contributed by atoms with van der Waals surface area (Å²) in [5.41, 5.74) is 1.18. The minimum absolute atomic E-state index is 0.0910. The molecule has 2 aromatic carbocycles. The predicted molar refractivity (Wildman–Crippen MR) is 108 cm³/mol. The first-order chi connectivity index (χ1) is 12.6. The van der Waals surface area contributed by atoms with Crippen LogP contribution in [0.3, 0.4) is 0 Å². The molecule has 0 radical (unpaired) electrons. The Morgan fingerprint density at radius 1 is 1.19 bits per heavy atom. The monoisotopic (exact) mass is 393 g/mol. The molecule has 1 atom stereocenters. The fraction of sp³-hybridized carbons (Fsp3) is 0.350. The van der Waals surface area contributed by atoms with E-state index in [1.54, 1.807) is 31.0 Å². The molecular formula is C20H24ClNO3S. The molecule has 0 aliphatic carbocycles. The van der Waals surface area contributed by atoms with Gasteiger partial charge in [-0.3, -0.25) is 4.79 Å². The van der Waals surface area contributed by atoms with Gasteiger partial charge in [0.1, 0.15) is 11.5 Å². The summed E-state index contributed by atoms with van der Waals surface area (Å²) in [5, 5.41) is 3.69. The van der Waals surface area contributed by atoms with Gasteiger partial charge in [0.05, 0.1) is 7.11 Å². The number of ether oxygens (including phenoxy) is 2. The van der Waals surface area contributed by atoms with Gasteiger partial charge in [0.25, 0.3) is 5.91 Å². The van der Waals surface area contributed by atoms with Crippen molar-refractivity contribution in [1.82, 2.24) is 5.32 Å². The van der Waals surface area contributed by atoms with Crippen LogP contribution in [-0.2, 0) is 10.5 Å². The molecule has 1 amide bonds. The number of halogens is 1. The lowest BCUT2D eigenvalue weighted by Gasteiger charge is -2.17. The number of amides is 1. The van der Waals surface area contributed by atoms with Gasteiger partial charge < -0.3 is 14.8 Å². The maximum Gasteiger partial charge on any atom is 0.261 e. The van der Waals surface area contributed by atoms with E-state index in [1.807, 2.05) is 43.3 Å². The molecule has 0 fully saturated rings. The van der Waals surface area contributed by atoms with Gasteiger partial charge in [-0.05, 0) is 48.4 Å². The van der Waals surface area contributed by atoms with Gasteiger partial charge >= 0.3 is 0 Å². The number of thioether (sulfide) groups is 1. The maximum absolute atomic E-state index is 12.3. The van der Waals surface area contributed by atoms with Gasteiger partial charge in [0, 0.05) is 23.1 Å². The number of hydrogen-bond donors (Lipinski definition) is 1. The normalized spacial score (nSPS) is 11.7. The minimum atomic E-state index is -0.499. The quantitative estimate of drug-likeness (QED) is 0.601. The van der Waals surface area contributed by atoms with Crippen LogP contribution >= 0.6 is 23.4 Å². The van der Waals surface area contributed by atoms with Crippen LogP contribution in [0.15, 0.2) is 48.5 Å². The fourth-order valence-corrected chi connectivity index (χ4v) is 3.34. The molecule has 140 valence electrons. The lowest BCUT2D eigenvalue weighted by Crippen LogP contribution is -2.39. The summed E-state index contributed by atoms with van der Waals surface area (Å²) in [6.45, 7) is 2.54. The third kappa shape index (κ3) is 6.81. The molecule has 0 saturated carbocycles. The number of nitrogens with one attached hydrogen (secondary N) is 1. The van der Waals surface area contributed by atoms with Gasteiger partial charge in [0.2, 0.25) is 0 Å². The van der Waals surface area contributed by atoms with E-state index >= 15 is 0 Å². The predicted octanol–water partition coefficient (Wildman–Crippen LogP) is 4.56. The van der Waals surface area contributed by atoms with Gasteiger partial charge in [-0.2, -0.15) is 11.8 Å². The van der Waals surface area contributed by atoms with Gasteiger partial charge in [0.15, 0.2) is 6.10 Å². The Kier molecular flexibility index (Phi) is 8.65. The Hall–Kier alpha value is -1.85. The highest BCUT2D eigenvalue weighted by atomic mass is 35.5. The second kappa shape index (κ2) is 11.0. The molecule has 0 heterocycles. The van der Waals surface area contributed by atoms with Gasteiger partial charge in [-0.25, -0.2) is 0 Å². The van der Waals surface area contributed by atoms with E-state index in [9.17, 15) is 4.79 Å². The van der Waals surface area contributed by atoms with Crippen molar-refractivity contribution in [3.8, 4) is 11.5 Å². The number of rotatable bonds is 10. The second-order valence-electron chi connectivity index (χ2n) is 5.66. The zero-order chi connectivity index (χ0) is 18.8. The average molecular weight is 394 g/mol. The third-order valence-electron chi connectivity index (χ3n) is 3.70. The Bertz CT molecular complexity index is 694. The summed E-state index contributed by atoms with van der Waals surface area (Å²) in [5.74, 6) is 3.02. The maximum atomic E-state index is 12.3. The molecule has 0 bridgehead atoms. The van der Waals surface area contributed by atoms with Crippen molar-refractivity contribution < 1.29 is 14.3 Å². The van der Waals surface area contributed by atoms with Crippen LogP contribution in [0.1, 0.15) is 18.9 Å². The van der Waals surface area contributed by atoms with Crippen molar-refractivity contribution in [2.75, 3.05) is 19.4 Å². The number of benzene rings is 2. The highest BCUT2D eigenvalue weighted by molar-refractivity contribution is 7.98. The lowest BCUT2D eigenvalue weighted by atomic mass is 10.2. The van der Waals surface area contributed by atoms with E-state index in [-0.39, 0.29) is 5.91 Å². The SMILES string of the molecule is CC[C@H](Oc1ccc(OC)cc1)C(=O)NCCSCc1cccc(Cl)c1. The lowest BCUT2D eigenvalue weighted by molar-refractivity contribution is -0.127. The van der Waals surface area contributed by atoms with E-state index in [0.717, 1.165) is 22.3 Å². The van der Waals surface area contributed by atoms with Crippen LogP contribution < -0.4 is 14.8 Å². The summed E-state index contributed by atoms with van der Waals surface area (Å²) >= 11 is 7.73. The topological polar surface area (TPSA) is 47.6 Å². The molecule has 0 saturated heterocycles. The Balaban J connectivity index is 1.70. The average Bonchev–Trinajstić information content (AvgIpc) is 2.66. The molecule has 0 aliphatic heterocycles. The smallest absolute Gasteiger partial charge is 0.261 e. The first-order valence-electron chi connectivity index (χ1n) is 8.53. The Labute approximate surface area is 164 Å². The Morgan fingerprint density at radius 3 is 2.58 bits per heavy atom. The van der Waals surface area contributed by atoms with E-state index in [2.05, 4.69) is 5.32 Å².